The molecule has 0 spiro atoms. The second-order valence-electron chi connectivity index (χ2n) is 4.34. The molecule has 0 bridgehead atoms. The molecule has 98 valence electrons. The molecule has 5 heteroatoms. The summed E-state index contributed by atoms with van der Waals surface area (Å²) in [7, 11) is 0. The SMILES string of the molecule is Cc1cccc(CNc2cccc(N)c2[N+](=O)[O-])c1. The first kappa shape index (κ1) is 12.9. The molecule has 0 heterocycles. The van der Waals surface area contributed by atoms with Crippen molar-refractivity contribution in [2.75, 3.05) is 11.1 Å². The predicted octanol–water partition coefficient (Wildman–Crippen LogP) is 3.10. The fraction of sp³-hybridized carbons (Fsp3) is 0.143. The number of hydrogen-bond donors (Lipinski definition) is 2. The summed E-state index contributed by atoms with van der Waals surface area (Å²) in [6.45, 7) is 2.53. The highest BCUT2D eigenvalue weighted by molar-refractivity contribution is 5.74. The molecule has 0 aliphatic carbocycles. The number of nitrogen functional groups attached to an aromatic ring is 1. The highest BCUT2D eigenvalue weighted by atomic mass is 16.6. The molecule has 0 saturated heterocycles. The lowest BCUT2D eigenvalue weighted by atomic mass is 10.1. The molecule has 0 amide bonds. The first-order valence-corrected chi connectivity index (χ1v) is 5.90. The Balaban J connectivity index is 2.20. The van der Waals surface area contributed by atoms with E-state index in [-0.39, 0.29) is 11.4 Å². The Morgan fingerprint density at radius 3 is 2.68 bits per heavy atom. The lowest BCUT2D eigenvalue weighted by Crippen LogP contribution is -2.04. The number of nitro benzene ring substituents is 1. The van der Waals surface area contributed by atoms with E-state index >= 15 is 0 Å². The topological polar surface area (TPSA) is 81.2 Å². The van der Waals surface area contributed by atoms with Crippen LogP contribution in [0, 0.1) is 17.0 Å². The number of nitro groups is 1. The molecule has 0 fully saturated rings. The van der Waals surface area contributed by atoms with Gasteiger partial charge in [-0.2, -0.15) is 0 Å². The number of aryl methyl sites for hydroxylation is 1. The molecular weight excluding hydrogens is 242 g/mol. The summed E-state index contributed by atoms with van der Waals surface area (Å²) in [6, 6.07) is 12.8. The summed E-state index contributed by atoms with van der Waals surface area (Å²) in [5.74, 6) is 0. The standard InChI is InChI=1S/C14H15N3O2/c1-10-4-2-5-11(8-10)9-16-13-7-3-6-12(15)14(13)17(18)19/h2-8,16H,9,15H2,1H3. The molecule has 0 aliphatic rings. The van der Waals surface area contributed by atoms with Gasteiger partial charge in [0.25, 0.3) is 0 Å². The van der Waals surface area contributed by atoms with E-state index in [1.54, 1.807) is 12.1 Å². The summed E-state index contributed by atoms with van der Waals surface area (Å²) < 4.78 is 0. The fourth-order valence-electron chi connectivity index (χ4n) is 1.93. The summed E-state index contributed by atoms with van der Waals surface area (Å²) in [5, 5.41) is 14.1. The van der Waals surface area contributed by atoms with Gasteiger partial charge in [-0.25, -0.2) is 0 Å². The van der Waals surface area contributed by atoms with E-state index in [2.05, 4.69) is 5.32 Å². The lowest BCUT2D eigenvalue weighted by Gasteiger charge is -2.09. The molecule has 0 aromatic heterocycles. The third kappa shape index (κ3) is 3.01. The molecule has 2 rings (SSSR count). The molecule has 0 atom stereocenters. The zero-order valence-corrected chi connectivity index (χ0v) is 10.6. The van der Waals surface area contributed by atoms with Crippen LogP contribution in [-0.4, -0.2) is 4.92 Å². The smallest absolute Gasteiger partial charge is 0.314 e. The van der Waals surface area contributed by atoms with E-state index in [0.29, 0.717) is 12.2 Å². The highest BCUT2D eigenvalue weighted by Gasteiger charge is 2.17. The minimum absolute atomic E-state index is 0.0739. The minimum Gasteiger partial charge on any atom is -0.393 e. The van der Waals surface area contributed by atoms with Crippen molar-refractivity contribution in [1.82, 2.24) is 0 Å². The predicted molar refractivity (Wildman–Crippen MR) is 76.0 cm³/mol. The van der Waals surface area contributed by atoms with E-state index in [9.17, 15) is 10.1 Å². The van der Waals surface area contributed by atoms with Gasteiger partial charge in [0.05, 0.1) is 4.92 Å². The van der Waals surface area contributed by atoms with Crippen LogP contribution in [0.25, 0.3) is 0 Å². The number of benzene rings is 2. The maximum absolute atomic E-state index is 11.0. The van der Waals surface area contributed by atoms with Crippen LogP contribution < -0.4 is 11.1 Å². The molecular formula is C14H15N3O2. The average molecular weight is 257 g/mol. The normalized spacial score (nSPS) is 10.2. The van der Waals surface area contributed by atoms with Crippen LogP contribution in [-0.2, 0) is 6.54 Å². The molecule has 19 heavy (non-hydrogen) atoms. The number of nitrogens with zero attached hydrogens (tertiary/aromatic N) is 1. The average Bonchev–Trinajstić information content (AvgIpc) is 2.36. The second kappa shape index (κ2) is 5.39. The van der Waals surface area contributed by atoms with Crippen molar-refractivity contribution >= 4 is 17.1 Å². The maximum Gasteiger partial charge on any atom is 0.314 e. The van der Waals surface area contributed by atoms with Crippen LogP contribution in [0.3, 0.4) is 0 Å². The number of hydrogen-bond acceptors (Lipinski definition) is 4. The van der Waals surface area contributed by atoms with Crippen molar-refractivity contribution in [3.8, 4) is 0 Å². The van der Waals surface area contributed by atoms with E-state index < -0.39 is 4.92 Å². The van der Waals surface area contributed by atoms with Crippen molar-refractivity contribution in [3.05, 3.63) is 63.7 Å². The minimum atomic E-state index is -0.464. The van der Waals surface area contributed by atoms with E-state index in [4.69, 9.17) is 5.73 Å². The van der Waals surface area contributed by atoms with Crippen LogP contribution in [0.4, 0.5) is 17.1 Å². The molecule has 0 saturated carbocycles. The van der Waals surface area contributed by atoms with Gasteiger partial charge in [-0.1, -0.05) is 35.9 Å². The van der Waals surface area contributed by atoms with Gasteiger partial charge in [-0.3, -0.25) is 10.1 Å². The van der Waals surface area contributed by atoms with E-state index in [0.717, 1.165) is 11.1 Å². The van der Waals surface area contributed by atoms with E-state index in [1.165, 1.54) is 6.07 Å². The van der Waals surface area contributed by atoms with Crippen LogP contribution in [0.1, 0.15) is 11.1 Å². The Kier molecular flexibility index (Phi) is 3.66. The van der Waals surface area contributed by atoms with Gasteiger partial charge >= 0.3 is 5.69 Å². The Labute approximate surface area is 111 Å². The zero-order chi connectivity index (χ0) is 13.8. The fourth-order valence-corrected chi connectivity index (χ4v) is 1.93. The Bertz CT molecular complexity index is 611. The second-order valence-corrected chi connectivity index (χ2v) is 4.34. The number of para-hydroxylation sites is 1. The van der Waals surface area contributed by atoms with Gasteiger partial charge in [0, 0.05) is 6.54 Å². The maximum atomic E-state index is 11.0. The first-order valence-electron chi connectivity index (χ1n) is 5.90. The van der Waals surface area contributed by atoms with Crippen LogP contribution in [0.15, 0.2) is 42.5 Å². The summed E-state index contributed by atoms with van der Waals surface area (Å²) >= 11 is 0. The van der Waals surface area contributed by atoms with Crippen molar-refractivity contribution in [3.63, 3.8) is 0 Å². The lowest BCUT2D eigenvalue weighted by molar-refractivity contribution is -0.383. The van der Waals surface area contributed by atoms with Gasteiger partial charge in [0.1, 0.15) is 11.4 Å². The Morgan fingerprint density at radius 1 is 1.26 bits per heavy atom. The first-order chi connectivity index (χ1) is 9.08. The summed E-state index contributed by atoms with van der Waals surface area (Å²) in [6.07, 6.45) is 0. The quantitative estimate of drug-likeness (QED) is 0.501. The van der Waals surface area contributed by atoms with Crippen molar-refractivity contribution in [1.29, 1.82) is 0 Å². The Hall–Kier alpha value is -2.56. The van der Waals surface area contributed by atoms with Gasteiger partial charge < -0.3 is 11.1 Å². The van der Waals surface area contributed by atoms with E-state index in [1.807, 2.05) is 31.2 Å². The summed E-state index contributed by atoms with van der Waals surface area (Å²) in [5.41, 5.74) is 8.38. The number of nitrogens with two attached hydrogens (primary N) is 1. The van der Waals surface area contributed by atoms with Gasteiger partial charge in [0.2, 0.25) is 0 Å². The molecule has 0 unspecified atom stereocenters. The number of nitrogens with one attached hydrogen (secondary N) is 1. The van der Waals surface area contributed by atoms with Crippen molar-refractivity contribution in [2.45, 2.75) is 13.5 Å². The molecule has 0 radical (unpaired) electrons. The van der Waals surface area contributed by atoms with Crippen LogP contribution in [0.5, 0.6) is 0 Å². The van der Waals surface area contributed by atoms with Gasteiger partial charge in [-0.15, -0.1) is 0 Å². The van der Waals surface area contributed by atoms with Crippen LogP contribution >= 0.6 is 0 Å². The summed E-state index contributed by atoms with van der Waals surface area (Å²) in [4.78, 5) is 10.5. The number of anilines is 2. The van der Waals surface area contributed by atoms with Gasteiger partial charge in [-0.05, 0) is 24.6 Å². The van der Waals surface area contributed by atoms with Crippen molar-refractivity contribution in [2.24, 2.45) is 0 Å². The largest absolute Gasteiger partial charge is 0.393 e. The molecule has 3 N–H and O–H groups in total. The molecule has 0 aliphatic heterocycles. The third-order valence-electron chi connectivity index (χ3n) is 2.82. The van der Waals surface area contributed by atoms with Gasteiger partial charge in [0.15, 0.2) is 0 Å². The monoisotopic (exact) mass is 257 g/mol. The third-order valence-corrected chi connectivity index (χ3v) is 2.82. The molecule has 2 aromatic carbocycles. The van der Waals surface area contributed by atoms with Crippen molar-refractivity contribution < 1.29 is 4.92 Å². The highest BCUT2D eigenvalue weighted by Crippen LogP contribution is 2.30. The number of rotatable bonds is 4. The van der Waals surface area contributed by atoms with Crippen LogP contribution in [0.2, 0.25) is 0 Å². The zero-order valence-electron chi connectivity index (χ0n) is 10.6. The molecule has 5 nitrogen and oxygen atoms in total. The molecule has 2 aromatic rings. The Morgan fingerprint density at radius 2 is 2.00 bits per heavy atom.